The molecular weight excluding hydrogens is 424 g/mol. The van der Waals surface area contributed by atoms with E-state index in [0.717, 1.165) is 0 Å². The largest absolute Gasteiger partial charge is 0.393 e. The topological polar surface area (TPSA) is 114 Å². The van der Waals surface area contributed by atoms with Gasteiger partial charge in [0.25, 0.3) is 0 Å². The van der Waals surface area contributed by atoms with Crippen molar-refractivity contribution in [1.29, 1.82) is 0 Å². The summed E-state index contributed by atoms with van der Waals surface area (Å²) in [5.41, 5.74) is -1.54. The molecule has 4 aliphatic heterocycles. The van der Waals surface area contributed by atoms with Gasteiger partial charge in [-0.05, 0) is 55.4 Å². The Morgan fingerprint density at radius 2 is 1.28 bits per heavy atom. The summed E-state index contributed by atoms with van der Waals surface area (Å²) in [5, 5.41) is 22.3. The van der Waals surface area contributed by atoms with E-state index in [2.05, 4.69) is 0 Å². The summed E-state index contributed by atoms with van der Waals surface area (Å²) in [6, 6.07) is 0. The molecule has 0 spiro atoms. The second kappa shape index (κ2) is 7.81. The fourth-order valence-electron chi connectivity index (χ4n) is 5.15. The van der Waals surface area contributed by atoms with Crippen LogP contribution in [0.15, 0.2) is 0 Å². The molecule has 7 atom stereocenters. The highest BCUT2D eigenvalue weighted by Crippen LogP contribution is 2.47. The summed E-state index contributed by atoms with van der Waals surface area (Å²) in [6.45, 7) is 14.2. The van der Waals surface area contributed by atoms with E-state index < -0.39 is 72.0 Å². The Hall–Kier alpha value is -0.400. The molecule has 4 fully saturated rings. The summed E-state index contributed by atoms with van der Waals surface area (Å²) in [4.78, 5) is 0. The van der Waals surface area contributed by atoms with Gasteiger partial charge in [0.2, 0.25) is 0 Å². The second-order valence-electron chi connectivity index (χ2n) is 10.9. The van der Waals surface area contributed by atoms with Crippen LogP contribution in [0, 0.1) is 0 Å². The highest BCUT2D eigenvalue weighted by atomic mass is 16.8. The SMILES string of the molecule is CC1(C)O[C@@H]([C@H](O)[C@@]2(CO)OC(C)(C)O[C@@H]2[C@H]2COC(C)(C)O2)[C@@H]([C@H]2COC(C)(C)O2)O1. The summed E-state index contributed by atoms with van der Waals surface area (Å²) < 4.78 is 48.1. The standard InChI is InChI=1S/C22H38O10/c1-18(2)25-9-12(27-18)14-15(30-20(5,6)29-14)16(24)22(11-23)17(31-21(7,8)32-22)13-10-26-19(3,4)28-13/h12-17,23-24H,9-11H2,1-8H3/t12-,13-,14-,15-,16+,17-,22-/m1/s1. The predicted octanol–water partition coefficient (Wildman–Crippen LogP) is 1.05. The minimum absolute atomic E-state index is 0.232. The fraction of sp³-hybridized carbons (Fsp3) is 1.00. The quantitative estimate of drug-likeness (QED) is 0.614. The third-order valence-electron chi connectivity index (χ3n) is 6.32. The van der Waals surface area contributed by atoms with Crippen molar-refractivity contribution < 1.29 is 48.1 Å². The molecule has 0 aromatic carbocycles. The number of aliphatic hydroxyl groups excluding tert-OH is 2. The zero-order valence-corrected chi connectivity index (χ0v) is 20.2. The van der Waals surface area contributed by atoms with Crippen LogP contribution >= 0.6 is 0 Å². The van der Waals surface area contributed by atoms with E-state index in [0.29, 0.717) is 0 Å². The Morgan fingerprint density at radius 1 is 0.719 bits per heavy atom. The average molecular weight is 463 g/mol. The minimum Gasteiger partial charge on any atom is -0.393 e. The van der Waals surface area contributed by atoms with Crippen LogP contribution in [-0.4, -0.2) is 95.4 Å². The molecule has 0 bridgehead atoms. The van der Waals surface area contributed by atoms with Crippen molar-refractivity contribution in [2.24, 2.45) is 0 Å². The Morgan fingerprint density at radius 3 is 1.78 bits per heavy atom. The lowest BCUT2D eigenvalue weighted by atomic mass is 9.83. The first-order valence-corrected chi connectivity index (χ1v) is 11.2. The summed E-state index contributed by atoms with van der Waals surface area (Å²) >= 11 is 0. The summed E-state index contributed by atoms with van der Waals surface area (Å²) in [5.74, 6) is -3.65. The molecule has 0 amide bonds. The van der Waals surface area contributed by atoms with Crippen molar-refractivity contribution in [3.63, 3.8) is 0 Å². The van der Waals surface area contributed by atoms with Crippen LogP contribution in [0.5, 0.6) is 0 Å². The van der Waals surface area contributed by atoms with E-state index in [-0.39, 0.29) is 13.2 Å². The molecule has 4 heterocycles. The predicted molar refractivity (Wildman–Crippen MR) is 109 cm³/mol. The zero-order chi connectivity index (χ0) is 23.7. The summed E-state index contributed by atoms with van der Waals surface area (Å²) in [6.07, 6.45) is -4.71. The summed E-state index contributed by atoms with van der Waals surface area (Å²) in [7, 11) is 0. The van der Waals surface area contributed by atoms with Crippen LogP contribution in [0.2, 0.25) is 0 Å². The van der Waals surface area contributed by atoms with Crippen molar-refractivity contribution in [1.82, 2.24) is 0 Å². The number of hydrogen-bond donors (Lipinski definition) is 2. The lowest BCUT2D eigenvalue weighted by Crippen LogP contribution is -2.64. The normalized spacial score (nSPS) is 45.4. The number of hydrogen-bond acceptors (Lipinski definition) is 10. The van der Waals surface area contributed by atoms with Gasteiger partial charge in [-0.15, -0.1) is 0 Å². The molecule has 186 valence electrons. The lowest BCUT2D eigenvalue weighted by molar-refractivity contribution is -0.222. The van der Waals surface area contributed by atoms with Gasteiger partial charge in [0, 0.05) is 0 Å². The van der Waals surface area contributed by atoms with Crippen LogP contribution < -0.4 is 0 Å². The molecule has 0 radical (unpaired) electrons. The van der Waals surface area contributed by atoms with Crippen molar-refractivity contribution >= 4 is 0 Å². The number of ether oxygens (including phenoxy) is 8. The Bertz CT molecular complexity index is 707. The van der Waals surface area contributed by atoms with Gasteiger partial charge in [-0.2, -0.15) is 0 Å². The maximum atomic E-state index is 11.7. The van der Waals surface area contributed by atoms with E-state index in [9.17, 15) is 10.2 Å². The smallest absolute Gasteiger partial charge is 0.164 e. The maximum absolute atomic E-state index is 11.7. The first-order valence-electron chi connectivity index (χ1n) is 11.2. The molecule has 0 saturated carbocycles. The van der Waals surface area contributed by atoms with Gasteiger partial charge in [-0.1, -0.05) is 0 Å². The van der Waals surface area contributed by atoms with Gasteiger partial charge >= 0.3 is 0 Å². The van der Waals surface area contributed by atoms with Crippen LogP contribution in [0.4, 0.5) is 0 Å². The average Bonchev–Trinajstić information content (AvgIpc) is 3.36. The van der Waals surface area contributed by atoms with Crippen LogP contribution in [0.1, 0.15) is 55.4 Å². The first-order chi connectivity index (χ1) is 14.6. The number of aliphatic hydroxyl groups is 2. The van der Waals surface area contributed by atoms with Crippen LogP contribution in [0.3, 0.4) is 0 Å². The van der Waals surface area contributed by atoms with Crippen molar-refractivity contribution in [3.8, 4) is 0 Å². The van der Waals surface area contributed by atoms with Gasteiger partial charge < -0.3 is 48.1 Å². The molecule has 4 aliphatic rings. The minimum atomic E-state index is -1.54. The third kappa shape index (κ3) is 4.47. The molecule has 10 nitrogen and oxygen atoms in total. The highest BCUT2D eigenvalue weighted by molar-refractivity contribution is 5.10. The molecule has 0 aliphatic carbocycles. The van der Waals surface area contributed by atoms with Crippen LogP contribution in [-0.2, 0) is 37.9 Å². The monoisotopic (exact) mass is 462 g/mol. The molecule has 10 heteroatoms. The van der Waals surface area contributed by atoms with Gasteiger partial charge in [0.05, 0.1) is 19.8 Å². The van der Waals surface area contributed by atoms with Crippen molar-refractivity contribution in [2.45, 2.75) is 121 Å². The van der Waals surface area contributed by atoms with Gasteiger partial charge in [0.15, 0.2) is 28.7 Å². The Balaban J connectivity index is 1.65. The Kier molecular flexibility index (Phi) is 6.03. The molecule has 0 aromatic rings. The zero-order valence-electron chi connectivity index (χ0n) is 20.2. The maximum Gasteiger partial charge on any atom is 0.164 e. The molecule has 4 saturated heterocycles. The molecule has 2 N–H and O–H groups in total. The molecule has 32 heavy (non-hydrogen) atoms. The lowest BCUT2D eigenvalue weighted by Gasteiger charge is -2.40. The molecular formula is C22H38O10. The Labute approximate surface area is 189 Å². The van der Waals surface area contributed by atoms with E-state index in [1.807, 2.05) is 13.8 Å². The van der Waals surface area contributed by atoms with Crippen molar-refractivity contribution in [3.05, 3.63) is 0 Å². The molecule has 0 unspecified atom stereocenters. The first kappa shape index (κ1) is 24.7. The fourth-order valence-corrected chi connectivity index (χ4v) is 5.15. The van der Waals surface area contributed by atoms with E-state index in [1.54, 1.807) is 41.5 Å². The van der Waals surface area contributed by atoms with Crippen LogP contribution in [0.25, 0.3) is 0 Å². The highest BCUT2D eigenvalue weighted by Gasteiger charge is 2.66. The van der Waals surface area contributed by atoms with Crippen molar-refractivity contribution in [2.75, 3.05) is 19.8 Å². The second-order valence-corrected chi connectivity index (χ2v) is 10.9. The van der Waals surface area contributed by atoms with Gasteiger partial charge in [-0.3, -0.25) is 0 Å². The van der Waals surface area contributed by atoms with E-state index in [4.69, 9.17) is 37.9 Å². The number of rotatable bonds is 5. The van der Waals surface area contributed by atoms with E-state index >= 15 is 0 Å². The van der Waals surface area contributed by atoms with Gasteiger partial charge in [-0.25, -0.2) is 0 Å². The van der Waals surface area contributed by atoms with Gasteiger partial charge in [0.1, 0.15) is 36.6 Å². The molecule has 0 aromatic heterocycles. The molecule has 4 rings (SSSR count). The third-order valence-corrected chi connectivity index (χ3v) is 6.32. The van der Waals surface area contributed by atoms with E-state index in [1.165, 1.54) is 0 Å².